The maximum absolute atomic E-state index is 13.7. The van der Waals surface area contributed by atoms with Gasteiger partial charge in [0.15, 0.2) is 16.3 Å². The van der Waals surface area contributed by atoms with E-state index in [1.807, 2.05) is 24.3 Å². The number of halogens is 1. The molecule has 0 bridgehead atoms. The van der Waals surface area contributed by atoms with Crippen LogP contribution in [0.1, 0.15) is 75.3 Å². The van der Waals surface area contributed by atoms with Gasteiger partial charge >= 0.3 is 0 Å². The van der Waals surface area contributed by atoms with Gasteiger partial charge in [-0.3, -0.25) is 19.3 Å². The van der Waals surface area contributed by atoms with Gasteiger partial charge in [-0.05, 0) is 42.2 Å². The Hall–Kier alpha value is -3.10. The third kappa shape index (κ3) is 3.52. The van der Waals surface area contributed by atoms with Crippen LogP contribution in [-0.2, 0) is 0 Å². The largest absolute Gasteiger partial charge is 0.450 e. The van der Waals surface area contributed by atoms with E-state index in [0.29, 0.717) is 32.6 Å². The number of anilines is 1. The predicted molar refractivity (Wildman–Crippen MR) is 136 cm³/mol. The molecule has 0 saturated carbocycles. The molecule has 0 aliphatic carbocycles. The van der Waals surface area contributed by atoms with Crippen LogP contribution >= 0.6 is 27.3 Å². The first-order chi connectivity index (χ1) is 16.2. The molecule has 0 N–H and O–H groups in total. The van der Waals surface area contributed by atoms with Gasteiger partial charge in [0.05, 0.1) is 27.6 Å². The number of aryl methyl sites for hydroxylation is 1. The number of nitrogens with zero attached hydrogens (tertiary/aromatic N) is 2. The molecule has 34 heavy (non-hydrogen) atoms. The summed E-state index contributed by atoms with van der Waals surface area (Å²) in [4.78, 5) is 46.0. The Labute approximate surface area is 208 Å². The second-order valence-electron chi connectivity index (χ2n) is 8.68. The van der Waals surface area contributed by atoms with E-state index in [4.69, 9.17) is 4.42 Å². The van der Waals surface area contributed by atoms with Gasteiger partial charge in [-0.2, -0.15) is 0 Å². The minimum atomic E-state index is -0.714. The van der Waals surface area contributed by atoms with Crippen molar-refractivity contribution < 1.29 is 14.0 Å². The first kappa shape index (κ1) is 22.7. The lowest BCUT2D eigenvalue weighted by atomic mass is 9.95. The zero-order chi connectivity index (χ0) is 24.3. The third-order valence-corrected chi connectivity index (χ3v) is 7.81. The van der Waals surface area contributed by atoms with E-state index in [9.17, 15) is 14.4 Å². The van der Waals surface area contributed by atoms with E-state index in [0.717, 1.165) is 26.9 Å². The van der Waals surface area contributed by atoms with E-state index in [1.54, 1.807) is 25.1 Å². The first-order valence-corrected chi connectivity index (χ1v) is 12.5. The van der Waals surface area contributed by atoms with Gasteiger partial charge in [0.1, 0.15) is 5.58 Å². The molecule has 8 heteroatoms. The highest BCUT2D eigenvalue weighted by Gasteiger charge is 2.45. The number of carbonyl (C=O) groups excluding carboxylic acids is 2. The number of hydrogen-bond acceptors (Lipinski definition) is 6. The summed E-state index contributed by atoms with van der Waals surface area (Å²) in [6, 6.07) is 12.3. The molecule has 2 aromatic heterocycles. The molecule has 1 aliphatic heterocycles. The van der Waals surface area contributed by atoms with Gasteiger partial charge in [-0.25, -0.2) is 4.98 Å². The average Bonchev–Trinajstić information content (AvgIpc) is 3.32. The van der Waals surface area contributed by atoms with Crippen LogP contribution in [-0.4, -0.2) is 16.7 Å². The molecular weight excluding hydrogens is 516 g/mol. The van der Waals surface area contributed by atoms with Crippen molar-refractivity contribution in [3.05, 3.63) is 90.2 Å². The number of thiazole rings is 1. The highest BCUT2D eigenvalue weighted by Crippen LogP contribution is 2.43. The number of fused-ring (bicyclic) bond motifs is 2. The summed E-state index contributed by atoms with van der Waals surface area (Å²) in [5, 5.41) is 0.757. The lowest BCUT2D eigenvalue weighted by molar-refractivity contribution is 0.0969. The van der Waals surface area contributed by atoms with Gasteiger partial charge < -0.3 is 4.42 Å². The second-order valence-corrected chi connectivity index (χ2v) is 10.6. The zero-order valence-electron chi connectivity index (χ0n) is 19.0. The van der Waals surface area contributed by atoms with E-state index in [2.05, 4.69) is 34.8 Å². The van der Waals surface area contributed by atoms with Gasteiger partial charge in [0.25, 0.3) is 5.91 Å². The smallest absolute Gasteiger partial charge is 0.297 e. The fourth-order valence-electron chi connectivity index (χ4n) is 4.33. The number of carbonyl (C=O) groups is 2. The Morgan fingerprint density at radius 2 is 1.85 bits per heavy atom. The summed E-state index contributed by atoms with van der Waals surface area (Å²) < 4.78 is 6.74. The fraction of sp³-hybridized carbons (Fsp3) is 0.231. The van der Waals surface area contributed by atoms with Crippen molar-refractivity contribution in [2.75, 3.05) is 4.90 Å². The molecule has 172 valence electrons. The van der Waals surface area contributed by atoms with Crippen LogP contribution in [0.25, 0.3) is 11.0 Å². The molecule has 1 aliphatic rings. The number of aromatic nitrogens is 1. The van der Waals surface area contributed by atoms with Gasteiger partial charge in [-0.15, -0.1) is 0 Å². The summed E-state index contributed by atoms with van der Waals surface area (Å²) in [5.41, 5.74) is 2.85. The normalized spacial score (nSPS) is 15.4. The molecule has 0 saturated heterocycles. The molecule has 1 amide bonds. The number of benzene rings is 2. The molecule has 6 nitrogen and oxygen atoms in total. The minimum absolute atomic E-state index is 0.00925. The van der Waals surface area contributed by atoms with Crippen molar-refractivity contribution in [3.8, 4) is 0 Å². The zero-order valence-corrected chi connectivity index (χ0v) is 21.4. The van der Waals surface area contributed by atoms with Crippen LogP contribution in [0.4, 0.5) is 5.13 Å². The van der Waals surface area contributed by atoms with Crippen LogP contribution in [0.5, 0.6) is 0 Å². The summed E-state index contributed by atoms with van der Waals surface area (Å²) >= 11 is 4.57. The highest BCUT2D eigenvalue weighted by atomic mass is 79.9. The second kappa shape index (κ2) is 8.29. The van der Waals surface area contributed by atoms with Crippen molar-refractivity contribution in [2.24, 2.45) is 0 Å². The highest BCUT2D eigenvalue weighted by molar-refractivity contribution is 9.10. The number of ketones is 1. The minimum Gasteiger partial charge on any atom is -0.450 e. The third-order valence-electron chi connectivity index (χ3n) is 6.06. The molecule has 0 radical (unpaired) electrons. The Balaban J connectivity index is 1.78. The number of rotatable bonds is 4. The predicted octanol–water partition coefficient (Wildman–Crippen LogP) is 6.40. The topological polar surface area (TPSA) is 80.5 Å². The van der Waals surface area contributed by atoms with Gasteiger partial charge in [-0.1, -0.05) is 65.4 Å². The molecule has 4 aromatic rings. The van der Waals surface area contributed by atoms with E-state index in [-0.39, 0.29) is 22.5 Å². The van der Waals surface area contributed by atoms with Crippen LogP contribution in [0, 0.1) is 6.92 Å². The van der Waals surface area contributed by atoms with Crippen molar-refractivity contribution in [1.82, 2.24) is 4.98 Å². The molecule has 3 heterocycles. The fourth-order valence-corrected chi connectivity index (χ4v) is 5.68. The number of hydrogen-bond donors (Lipinski definition) is 0. The Morgan fingerprint density at radius 3 is 2.47 bits per heavy atom. The summed E-state index contributed by atoms with van der Waals surface area (Å²) in [5.74, 6) is -0.213. The van der Waals surface area contributed by atoms with Crippen molar-refractivity contribution in [1.29, 1.82) is 0 Å². The quantitative estimate of drug-likeness (QED) is 0.282. The summed E-state index contributed by atoms with van der Waals surface area (Å²) in [6.45, 7) is 7.43. The summed E-state index contributed by atoms with van der Waals surface area (Å²) in [7, 11) is 0. The van der Waals surface area contributed by atoms with Crippen molar-refractivity contribution in [3.63, 3.8) is 0 Å². The van der Waals surface area contributed by atoms with Crippen LogP contribution in [0.3, 0.4) is 0 Å². The van der Waals surface area contributed by atoms with Crippen molar-refractivity contribution >= 4 is 55.1 Å². The van der Waals surface area contributed by atoms with E-state index >= 15 is 0 Å². The van der Waals surface area contributed by atoms with E-state index < -0.39 is 11.9 Å². The average molecular weight is 537 g/mol. The maximum Gasteiger partial charge on any atom is 0.297 e. The SMILES string of the molecule is CC(=O)c1sc(N2C(=O)c3oc4ccc(Br)cc4c(=O)c3C2c2ccc(C(C)C)cc2)nc1C. The molecular formula is C26H21BrN2O4S. The molecule has 1 unspecified atom stereocenters. The molecule has 0 fully saturated rings. The Morgan fingerprint density at radius 1 is 1.15 bits per heavy atom. The van der Waals surface area contributed by atoms with Crippen LogP contribution in [0.15, 0.2) is 56.1 Å². The standard InChI is InChI=1S/C26H21BrN2O4S/c1-12(2)15-5-7-16(8-6-15)21-20-22(31)18-11-17(27)9-10-19(18)33-23(20)25(32)29(21)26-28-13(3)24(34-26)14(4)30/h5-12,21H,1-4H3. The van der Waals surface area contributed by atoms with Gasteiger partial charge in [0, 0.05) is 11.4 Å². The van der Waals surface area contributed by atoms with Crippen LogP contribution in [0.2, 0.25) is 0 Å². The van der Waals surface area contributed by atoms with Crippen molar-refractivity contribution in [2.45, 2.75) is 39.7 Å². The molecule has 2 aromatic carbocycles. The number of Topliss-reactive ketones (excluding diaryl/α,β-unsaturated/α-hetero) is 1. The monoisotopic (exact) mass is 536 g/mol. The molecule has 5 rings (SSSR count). The maximum atomic E-state index is 13.7. The lowest BCUT2D eigenvalue weighted by Gasteiger charge is -2.23. The summed E-state index contributed by atoms with van der Waals surface area (Å²) in [6.07, 6.45) is 0. The Bertz CT molecular complexity index is 1540. The first-order valence-electron chi connectivity index (χ1n) is 10.9. The Kier molecular flexibility index (Phi) is 5.53. The van der Waals surface area contributed by atoms with E-state index in [1.165, 1.54) is 11.8 Å². The number of amides is 1. The molecule has 0 spiro atoms. The lowest BCUT2D eigenvalue weighted by Crippen LogP contribution is -2.29. The molecule has 1 atom stereocenters. The van der Waals surface area contributed by atoms with Crippen LogP contribution < -0.4 is 10.3 Å². The van der Waals surface area contributed by atoms with Gasteiger partial charge in [0.2, 0.25) is 5.76 Å².